The van der Waals surface area contributed by atoms with Gasteiger partial charge in [-0.3, -0.25) is 4.79 Å². The summed E-state index contributed by atoms with van der Waals surface area (Å²) in [5.74, 6) is 2.21. The molecule has 19 heavy (non-hydrogen) atoms. The van der Waals surface area contributed by atoms with E-state index in [1.807, 2.05) is 0 Å². The van der Waals surface area contributed by atoms with E-state index in [-0.39, 0.29) is 5.56 Å². The van der Waals surface area contributed by atoms with E-state index in [4.69, 9.17) is 9.47 Å². The minimum absolute atomic E-state index is 0.179. The summed E-state index contributed by atoms with van der Waals surface area (Å²) >= 11 is 1.78. The molecule has 5 nitrogen and oxygen atoms in total. The zero-order valence-corrected chi connectivity index (χ0v) is 11.8. The normalized spacial score (nSPS) is 10.6. The molecular weight excluding hydrogens is 264 g/mol. The zero-order chi connectivity index (χ0) is 13.7. The molecule has 0 fully saturated rings. The summed E-state index contributed by atoms with van der Waals surface area (Å²) in [4.78, 5) is 18.4. The van der Waals surface area contributed by atoms with Crippen molar-refractivity contribution >= 4 is 22.7 Å². The molecule has 2 aromatic rings. The second-order valence-corrected chi connectivity index (χ2v) is 4.93. The Bertz CT molecular complexity index is 612. The minimum atomic E-state index is -0.179. The smallest absolute Gasteiger partial charge is 0.258 e. The number of benzene rings is 1. The summed E-state index contributed by atoms with van der Waals surface area (Å²) in [6, 6.07) is 3.40. The van der Waals surface area contributed by atoms with Gasteiger partial charge in [-0.05, 0) is 24.5 Å². The molecule has 0 aliphatic rings. The van der Waals surface area contributed by atoms with E-state index in [1.54, 1.807) is 31.0 Å². The summed E-state index contributed by atoms with van der Waals surface area (Å²) in [7, 11) is 1.57. The SMILES string of the molecule is COc1cc2nc[nH]c(=O)c2cc1OCCCSC. The highest BCUT2D eigenvalue weighted by atomic mass is 32.2. The maximum Gasteiger partial charge on any atom is 0.258 e. The number of hydrogen-bond acceptors (Lipinski definition) is 5. The van der Waals surface area contributed by atoms with Crippen LogP contribution in [0.5, 0.6) is 11.5 Å². The largest absolute Gasteiger partial charge is 0.493 e. The molecule has 1 aromatic carbocycles. The summed E-state index contributed by atoms with van der Waals surface area (Å²) in [6.07, 6.45) is 4.39. The number of nitrogens with zero attached hydrogens (tertiary/aromatic N) is 1. The second kappa shape index (κ2) is 6.47. The van der Waals surface area contributed by atoms with Crippen molar-refractivity contribution < 1.29 is 9.47 Å². The van der Waals surface area contributed by atoms with Crippen molar-refractivity contribution in [3.05, 3.63) is 28.8 Å². The van der Waals surface area contributed by atoms with Crippen molar-refractivity contribution in [2.75, 3.05) is 25.7 Å². The molecule has 2 rings (SSSR count). The van der Waals surface area contributed by atoms with Crippen molar-refractivity contribution in [3.63, 3.8) is 0 Å². The topological polar surface area (TPSA) is 64.2 Å². The molecule has 0 saturated carbocycles. The summed E-state index contributed by atoms with van der Waals surface area (Å²) in [6.45, 7) is 0.598. The first-order chi connectivity index (χ1) is 9.26. The third kappa shape index (κ3) is 3.20. The molecule has 1 N–H and O–H groups in total. The number of aromatic nitrogens is 2. The number of H-pyrrole nitrogens is 1. The lowest BCUT2D eigenvalue weighted by Crippen LogP contribution is -2.07. The molecule has 0 amide bonds. The maximum absolute atomic E-state index is 11.7. The van der Waals surface area contributed by atoms with E-state index in [2.05, 4.69) is 16.2 Å². The van der Waals surface area contributed by atoms with Crippen LogP contribution in [-0.2, 0) is 0 Å². The Labute approximate surface area is 115 Å². The van der Waals surface area contributed by atoms with Gasteiger partial charge in [-0.2, -0.15) is 11.8 Å². The van der Waals surface area contributed by atoms with Crippen LogP contribution in [-0.4, -0.2) is 35.7 Å². The van der Waals surface area contributed by atoms with Crippen LogP contribution >= 0.6 is 11.8 Å². The quantitative estimate of drug-likeness (QED) is 0.821. The van der Waals surface area contributed by atoms with Gasteiger partial charge in [0.15, 0.2) is 11.5 Å². The van der Waals surface area contributed by atoms with Crippen LogP contribution in [0, 0.1) is 0 Å². The zero-order valence-electron chi connectivity index (χ0n) is 10.9. The second-order valence-electron chi connectivity index (χ2n) is 3.95. The highest BCUT2D eigenvalue weighted by Crippen LogP contribution is 2.30. The van der Waals surface area contributed by atoms with Gasteiger partial charge in [0.05, 0.1) is 30.9 Å². The third-order valence-electron chi connectivity index (χ3n) is 2.68. The Hall–Kier alpha value is -1.69. The Morgan fingerprint density at radius 3 is 2.95 bits per heavy atom. The number of nitrogens with one attached hydrogen (secondary N) is 1. The van der Waals surface area contributed by atoms with Crippen LogP contribution in [0.1, 0.15) is 6.42 Å². The molecule has 0 radical (unpaired) electrons. The molecule has 1 aromatic heterocycles. The predicted molar refractivity (Wildman–Crippen MR) is 77.4 cm³/mol. The van der Waals surface area contributed by atoms with Crippen molar-refractivity contribution in [2.45, 2.75) is 6.42 Å². The average Bonchev–Trinajstić information content (AvgIpc) is 2.43. The van der Waals surface area contributed by atoms with Gasteiger partial charge < -0.3 is 14.5 Å². The van der Waals surface area contributed by atoms with E-state index in [0.29, 0.717) is 29.0 Å². The molecule has 0 atom stereocenters. The first kappa shape index (κ1) is 13.7. The molecule has 0 aliphatic heterocycles. The van der Waals surface area contributed by atoms with Gasteiger partial charge in [-0.25, -0.2) is 4.98 Å². The van der Waals surface area contributed by atoms with Crippen LogP contribution in [0.25, 0.3) is 10.9 Å². The Balaban J connectivity index is 2.30. The molecule has 102 valence electrons. The number of ether oxygens (including phenoxy) is 2. The number of fused-ring (bicyclic) bond motifs is 1. The highest BCUT2D eigenvalue weighted by Gasteiger charge is 2.09. The standard InChI is InChI=1S/C13H16N2O3S/c1-17-11-7-10-9(13(16)15-8-14-10)6-12(11)18-4-3-5-19-2/h6-8H,3-5H2,1-2H3,(H,14,15,16). The summed E-state index contributed by atoms with van der Waals surface area (Å²) in [5, 5.41) is 0.503. The summed E-state index contributed by atoms with van der Waals surface area (Å²) in [5.41, 5.74) is 0.415. The molecule has 1 heterocycles. The lowest BCUT2D eigenvalue weighted by molar-refractivity contribution is 0.296. The number of thioether (sulfide) groups is 1. The number of methoxy groups -OCH3 is 1. The molecule has 0 spiro atoms. The summed E-state index contributed by atoms with van der Waals surface area (Å²) < 4.78 is 10.9. The Morgan fingerprint density at radius 2 is 2.21 bits per heavy atom. The first-order valence-electron chi connectivity index (χ1n) is 5.93. The Morgan fingerprint density at radius 1 is 1.37 bits per heavy atom. The predicted octanol–water partition coefficient (Wildman–Crippen LogP) is 2.06. The van der Waals surface area contributed by atoms with Crippen LogP contribution in [0.3, 0.4) is 0 Å². The van der Waals surface area contributed by atoms with Gasteiger partial charge in [0.25, 0.3) is 5.56 Å². The van der Waals surface area contributed by atoms with Gasteiger partial charge in [0.1, 0.15) is 0 Å². The van der Waals surface area contributed by atoms with Gasteiger partial charge in [-0.1, -0.05) is 0 Å². The van der Waals surface area contributed by atoms with Crippen LogP contribution < -0.4 is 15.0 Å². The fourth-order valence-electron chi connectivity index (χ4n) is 1.73. The monoisotopic (exact) mass is 280 g/mol. The molecule has 6 heteroatoms. The fraction of sp³-hybridized carbons (Fsp3) is 0.385. The van der Waals surface area contributed by atoms with E-state index in [9.17, 15) is 4.79 Å². The van der Waals surface area contributed by atoms with Gasteiger partial charge >= 0.3 is 0 Å². The molecule has 0 bridgehead atoms. The first-order valence-corrected chi connectivity index (χ1v) is 7.33. The van der Waals surface area contributed by atoms with Gasteiger partial charge in [0.2, 0.25) is 0 Å². The molecule has 0 unspecified atom stereocenters. The lowest BCUT2D eigenvalue weighted by Gasteiger charge is -2.11. The number of aromatic amines is 1. The molecule has 0 aliphatic carbocycles. The number of hydrogen-bond donors (Lipinski definition) is 1. The molecule has 0 saturated heterocycles. The van der Waals surface area contributed by atoms with E-state index < -0.39 is 0 Å². The lowest BCUT2D eigenvalue weighted by atomic mass is 10.2. The van der Waals surface area contributed by atoms with Crippen molar-refractivity contribution in [3.8, 4) is 11.5 Å². The highest BCUT2D eigenvalue weighted by molar-refractivity contribution is 7.98. The number of rotatable bonds is 6. The van der Waals surface area contributed by atoms with Crippen molar-refractivity contribution in [1.29, 1.82) is 0 Å². The van der Waals surface area contributed by atoms with E-state index in [1.165, 1.54) is 6.33 Å². The van der Waals surface area contributed by atoms with Crippen molar-refractivity contribution in [2.24, 2.45) is 0 Å². The van der Waals surface area contributed by atoms with Gasteiger partial charge in [-0.15, -0.1) is 0 Å². The van der Waals surface area contributed by atoms with Crippen LogP contribution in [0.15, 0.2) is 23.3 Å². The average molecular weight is 280 g/mol. The fourth-order valence-corrected chi connectivity index (χ4v) is 2.14. The van der Waals surface area contributed by atoms with E-state index in [0.717, 1.165) is 12.2 Å². The molecular formula is C13H16N2O3S. The minimum Gasteiger partial charge on any atom is -0.493 e. The maximum atomic E-state index is 11.7. The van der Waals surface area contributed by atoms with E-state index >= 15 is 0 Å². The van der Waals surface area contributed by atoms with Gasteiger partial charge in [0, 0.05) is 6.07 Å². The van der Waals surface area contributed by atoms with Crippen molar-refractivity contribution in [1.82, 2.24) is 9.97 Å². The van der Waals surface area contributed by atoms with Crippen LogP contribution in [0.4, 0.5) is 0 Å². The Kier molecular flexibility index (Phi) is 4.68. The third-order valence-corrected chi connectivity index (χ3v) is 3.37. The van der Waals surface area contributed by atoms with Crippen LogP contribution in [0.2, 0.25) is 0 Å².